The molecular weight excluding hydrogens is 306 g/mol. The van der Waals surface area contributed by atoms with Crippen molar-refractivity contribution in [3.8, 4) is 0 Å². The van der Waals surface area contributed by atoms with Crippen LogP contribution in [0.3, 0.4) is 0 Å². The summed E-state index contributed by atoms with van der Waals surface area (Å²) in [5.41, 5.74) is 2.12. The number of hydrogen-bond acceptors (Lipinski definition) is 4. The van der Waals surface area contributed by atoms with Gasteiger partial charge in [-0.1, -0.05) is 12.1 Å². The standard InChI is InChI=1S/C18H23N3O3/c1-12-5-3-6-14(11-12)21-17(22)9-8-15(20-21)18(23)19-13(2)16-7-4-10-24-16/h3,5-6,11,13,16H,4,7-10H2,1-2H3,(H,19,23)/t13-,16-/m0/s1. The largest absolute Gasteiger partial charge is 0.376 e. The SMILES string of the molecule is Cc1cccc(N2N=C(C(=O)N[C@@H](C)[C@@H]3CCCO3)CCC2=O)c1. The first kappa shape index (κ1) is 16.6. The van der Waals surface area contributed by atoms with E-state index in [1.54, 1.807) is 0 Å². The average Bonchev–Trinajstić information content (AvgIpc) is 3.09. The summed E-state index contributed by atoms with van der Waals surface area (Å²) in [4.78, 5) is 24.7. The number of aryl methyl sites for hydroxylation is 1. The molecule has 2 aliphatic rings. The number of nitrogens with one attached hydrogen (secondary N) is 1. The number of anilines is 1. The predicted octanol–water partition coefficient (Wildman–Crippen LogP) is 2.16. The van der Waals surface area contributed by atoms with E-state index in [2.05, 4.69) is 10.4 Å². The van der Waals surface area contributed by atoms with Gasteiger partial charge in [-0.05, 0) is 44.4 Å². The van der Waals surface area contributed by atoms with Crippen molar-refractivity contribution >= 4 is 23.2 Å². The smallest absolute Gasteiger partial charge is 0.267 e. The van der Waals surface area contributed by atoms with Crippen molar-refractivity contribution in [3.05, 3.63) is 29.8 Å². The van der Waals surface area contributed by atoms with Crippen molar-refractivity contribution in [1.29, 1.82) is 0 Å². The van der Waals surface area contributed by atoms with Gasteiger partial charge in [0.2, 0.25) is 5.91 Å². The number of hydrogen-bond donors (Lipinski definition) is 1. The molecule has 0 unspecified atom stereocenters. The molecule has 1 fully saturated rings. The highest BCUT2D eigenvalue weighted by Crippen LogP contribution is 2.21. The van der Waals surface area contributed by atoms with Gasteiger partial charge >= 0.3 is 0 Å². The van der Waals surface area contributed by atoms with Gasteiger partial charge in [-0.3, -0.25) is 9.59 Å². The second-order valence-electron chi connectivity index (χ2n) is 6.40. The van der Waals surface area contributed by atoms with Crippen molar-refractivity contribution in [2.45, 2.75) is 51.7 Å². The molecule has 0 bridgehead atoms. The van der Waals surface area contributed by atoms with Crippen LogP contribution in [0.4, 0.5) is 5.69 Å². The van der Waals surface area contributed by atoms with Gasteiger partial charge in [0, 0.05) is 19.4 Å². The lowest BCUT2D eigenvalue weighted by molar-refractivity contribution is -0.119. The van der Waals surface area contributed by atoms with E-state index in [1.165, 1.54) is 5.01 Å². The maximum Gasteiger partial charge on any atom is 0.267 e. The van der Waals surface area contributed by atoms with E-state index >= 15 is 0 Å². The van der Waals surface area contributed by atoms with Crippen molar-refractivity contribution < 1.29 is 14.3 Å². The van der Waals surface area contributed by atoms with E-state index in [0.717, 1.165) is 25.0 Å². The van der Waals surface area contributed by atoms with E-state index in [9.17, 15) is 9.59 Å². The lowest BCUT2D eigenvalue weighted by Gasteiger charge is -2.25. The molecule has 1 aromatic carbocycles. The number of ether oxygens (including phenoxy) is 1. The molecule has 2 aliphatic heterocycles. The summed E-state index contributed by atoms with van der Waals surface area (Å²) in [7, 11) is 0. The highest BCUT2D eigenvalue weighted by molar-refractivity contribution is 6.40. The van der Waals surface area contributed by atoms with Crippen LogP contribution in [0.15, 0.2) is 29.4 Å². The zero-order chi connectivity index (χ0) is 17.1. The van der Waals surface area contributed by atoms with Crippen LogP contribution in [-0.4, -0.2) is 36.3 Å². The molecule has 128 valence electrons. The molecule has 0 spiro atoms. The maximum atomic E-state index is 12.5. The summed E-state index contributed by atoms with van der Waals surface area (Å²) in [6.45, 7) is 4.65. The van der Waals surface area contributed by atoms with E-state index in [0.29, 0.717) is 17.8 Å². The second-order valence-corrected chi connectivity index (χ2v) is 6.40. The molecule has 0 radical (unpaired) electrons. The van der Waals surface area contributed by atoms with Crippen molar-refractivity contribution in [2.24, 2.45) is 5.10 Å². The van der Waals surface area contributed by atoms with Crippen LogP contribution in [0.25, 0.3) is 0 Å². The molecule has 0 aliphatic carbocycles. The lowest BCUT2D eigenvalue weighted by atomic mass is 10.1. The number of rotatable bonds is 4. The van der Waals surface area contributed by atoms with Crippen LogP contribution in [0.5, 0.6) is 0 Å². The molecule has 6 nitrogen and oxygen atoms in total. The summed E-state index contributed by atoms with van der Waals surface area (Å²) in [5, 5.41) is 8.59. The van der Waals surface area contributed by atoms with Crippen LogP contribution in [0.2, 0.25) is 0 Å². The third-order valence-electron chi connectivity index (χ3n) is 4.42. The zero-order valence-corrected chi connectivity index (χ0v) is 14.1. The third-order valence-corrected chi connectivity index (χ3v) is 4.42. The van der Waals surface area contributed by atoms with Gasteiger partial charge in [-0.15, -0.1) is 0 Å². The molecular formula is C18H23N3O3. The molecule has 2 heterocycles. The van der Waals surface area contributed by atoms with Crippen molar-refractivity contribution in [1.82, 2.24) is 5.32 Å². The highest BCUT2D eigenvalue weighted by Gasteiger charge is 2.29. The Bertz CT molecular complexity index is 665. The van der Waals surface area contributed by atoms with E-state index in [-0.39, 0.29) is 30.4 Å². The molecule has 3 rings (SSSR count). The minimum Gasteiger partial charge on any atom is -0.376 e. The van der Waals surface area contributed by atoms with Gasteiger partial charge in [0.25, 0.3) is 5.91 Å². The fourth-order valence-electron chi connectivity index (χ4n) is 3.06. The fourth-order valence-corrected chi connectivity index (χ4v) is 3.06. The lowest BCUT2D eigenvalue weighted by Crippen LogP contribution is -2.46. The monoisotopic (exact) mass is 329 g/mol. The van der Waals surface area contributed by atoms with E-state index in [4.69, 9.17) is 4.74 Å². The van der Waals surface area contributed by atoms with Gasteiger partial charge in [-0.2, -0.15) is 5.10 Å². The van der Waals surface area contributed by atoms with Crippen LogP contribution >= 0.6 is 0 Å². The summed E-state index contributed by atoms with van der Waals surface area (Å²) in [6, 6.07) is 7.48. The average molecular weight is 329 g/mol. The number of nitrogens with zero attached hydrogens (tertiary/aromatic N) is 2. The number of hydrazone groups is 1. The van der Waals surface area contributed by atoms with Crippen LogP contribution in [0.1, 0.15) is 38.2 Å². The Morgan fingerprint density at radius 1 is 1.42 bits per heavy atom. The summed E-state index contributed by atoms with van der Waals surface area (Å²) < 4.78 is 5.60. The molecule has 1 aromatic rings. The Kier molecular flexibility index (Phi) is 4.94. The minimum atomic E-state index is -0.219. The molecule has 0 saturated carbocycles. The van der Waals surface area contributed by atoms with E-state index < -0.39 is 0 Å². The van der Waals surface area contributed by atoms with Gasteiger partial charge in [0.05, 0.1) is 17.8 Å². The molecule has 1 saturated heterocycles. The first-order chi connectivity index (χ1) is 11.5. The zero-order valence-electron chi connectivity index (χ0n) is 14.1. The predicted molar refractivity (Wildman–Crippen MR) is 91.9 cm³/mol. The van der Waals surface area contributed by atoms with Gasteiger partial charge in [0.15, 0.2) is 0 Å². The Morgan fingerprint density at radius 2 is 2.25 bits per heavy atom. The molecule has 0 aromatic heterocycles. The number of amides is 2. The van der Waals surface area contributed by atoms with Gasteiger partial charge in [-0.25, -0.2) is 5.01 Å². The van der Waals surface area contributed by atoms with Crippen LogP contribution in [-0.2, 0) is 14.3 Å². The normalized spacial score (nSPS) is 22.2. The first-order valence-corrected chi connectivity index (χ1v) is 8.44. The Labute approximate surface area is 141 Å². The second kappa shape index (κ2) is 7.13. The van der Waals surface area contributed by atoms with Crippen LogP contribution < -0.4 is 10.3 Å². The third kappa shape index (κ3) is 3.64. The van der Waals surface area contributed by atoms with Gasteiger partial charge in [0.1, 0.15) is 5.71 Å². The minimum absolute atomic E-state index is 0.0623. The summed E-state index contributed by atoms with van der Waals surface area (Å²) in [5.74, 6) is -0.313. The topological polar surface area (TPSA) is 71.0 Å². The fraction of sp³-hybridized carbons (Fsp3) is 0.500. The number of carbonyl (C=O) groups is 2. The summed E-state index contributed by atoms with van der Waals surface area (Å²) >= 11 is 0. The summed E-state index contributed by atoms with van der Waals surface area (Å²) in [6.07, 6.45) is 2.70. The first-order valence-electron chi connectivity index (χ1n) is 8.44. The Morgan fingerprint density at radius 3 is 2.96 bits per heavy atom. The number of benzene rings is 1. The molecule has 2 amide bonds. The molecule has 2 atom stereocenters. The van der Waals surface area contributed by atoms with Gasteiger partial charge < -0.3 is 10.1 Å². The Balaban J connectivity index is 1.73. The van der Waals surface area contributed by atoms with E-state index in [1.807, 2.05) is 38.1 Å². The highest BCUT2D eigenvalue weighted by atomic mass is 16.5. The number of carbonyl (C=O) groups excluding carboxylic acids is 2. The molecule has 24 heavy (non-hydrogen) atoms. The van der Waals surface area contributed by atoms with Crippen molar-refractivity contribution in [3.63, 3.8) is 0 Å². The molecule has 1 N–H and O–H groups in total. The quantitative estimate of drug-likeness (QED) is 0.920. The Hall–Kier alpha value is -2.21. The molecule has 6 heteroatoms. The maximum absolute atomic E-state index is 12.5. The van der Waals surface area contributed by atoms with Crippen LogP contribution in [0, 0.1) is 6.92 Å². The van der Waals surface area contributed by atoms with Crippen molar-refractivity contribution in [2.75, 3.05) is 11.6 Å².